The number of imide groups is 1. The molecule has 6 nitrogen and oxygen atoms in total. The Labute approximate surface area is 153 Å². The summed E-state index contributed by atoms with van der Waals surface area (Å²) in [5.41, 5.74) is 0.453. The summed E-state index contributed by atoms with van der Waals surface area (Å²) >= 11 is 0. The highest BCUT2D eigenvalue weighted by molar-refractivity contribution is 6.07. The summed E-state index contributed by atoms with van der Waals surface area (Å²) in [7, 11) is 0. The molecule has 1 N–H and O–H groups in total. The first kappa shape index (κ1) is 17.9. The van der Waals surface area contributed by atoms with Crippen molar-refractivity contribution < 1.29 is 9.59 Å². The molecule has 1 saturated carbocycles. The number of nitrogens with zero attached hydrogens (tertiary/aromatic N) is 3. The molecule has 1 atom stereocenters. The van der Waals surface area contributed by atoms with Gasteiger partial charge in [-0.3, -0.25) is 9.69 Å². The van der Waals surface area contributed by atoms with Crippen molar-refractivity contribution >= 4 is 11.9 Å². The first-order valence-electron chi connectivity index (χ1n) is 9.05. The predicted octanol–water partition coefficient (Wildman–Crippen LogP) is 3.08. The summed E-state index contributed by atoms with van der Waals surface area (Å²) < 4.78 is 0. The number of carbonyl (C=O) groups excluding carboxylic acids is 2. The normalized spacial score (nSPS) is 26.2. The number of hydrogen-bond acceptors (Lipinski definition) is 4. The van der Waals surface area contributed by atoms with Crippen LogP contribution in [0.4, 0.5) is 4.79 Å². The van der Waals surface area contributed by atoms with Gasteiger partial charge in [0, 0.05) is 13.0 Å². The Morgan fingerprint density at radius 2 is 1.88 bits per heavy atom. The number of nitrogens with one attached hydrogen (secondary N) is 1. The number of nitriles is 2. The smallest absolute Gasteiger partial charge is 0.323 e. The van der Waals surface area contributed by atoms with Gasteiger partial charge in [0.1, 0.15) is 5.54 Å². The van der Waals surface area contributed by atoms with E-state index >= 15 is 0 Å². The van der Waals surface area contributed by atoms with Crippen LogP contribution in [0, 0.1) is 28.6 Å². The van der Waals surface area contributed by atoms with E-state index in [4.69, 9.17) is 5.26 Å². The van der Waals surface area contributed by atoms with E-state index in [0.29, 0.717) is 25.2 Å². The summed E-state index contributed by atoms with van der Waals surface area (Å²) in [6, 6.07) is 13.9. The second-order valence-electron chi connectivity index (χ2n) is 7.14. The first-order chi connectivity index (χ1) is 12.6. The third kappa shape index (κ3) is 3.41. The minimum Gasteiger partial charge on any atom is -0.323 e. The van der Waals surface area contributed by atoms with Crippen LogP contribution >= 0.6 is 0 Å². The predicted molar refractivity (Wildman–Crippen MR) is 94.6 cm³/mol. The summed E-state index contributed by atoms with van der Waals surface area (Å²) in [5.74, 6) is -0.311. The van der Waals surface area contributed by atoms with E-state index in [1.165, 1.54) is 10.5 Å². The molecular weight excluding hydrogens is 328 g/mol. The minimum atomic E-state index is -0.822. The molecule has 26 heavy (non-hydrogen) atoms. The van der Waals surface area contributed by atoms with E-state index in [1.54, 1.807) is 0 Å². The molecular formula is C20H22N4O2. The van der Waals surface area contributed by atoms with Crippen LogP contribution in [0.1, 0.15) is 50.0 Å². The lowest BCUT2D eigenvalue weighted by molar-refractivity contribution is -0.132. The molecule has 0 radical (unpaired) electrons. The molecule has 1 aromatic rings. The summed E-state index contributed by atoms with van der Waals surface area (Å²) in [4.78, 5) is 26.5. The van der Waals surface area contributed by atoms with Crippen LogP contribution in [0.25, 0.3) is 0 Å². The largest absolute Gasteiger partial charge is 0.325 e. The van der Waals surface area contributed by atoms with Gasteiger partial charge in [0.05, 0.1) is 18.1 Å². The third-order valence-electron chi connectivity index (χ3n) is 5.55. The average molecular weight is 350 g/mol. The van der Waals surface area contributed by atoms with Gasteiger partial charge >= 0.3 is 6.03 Å². The monoisotopic (exact) mass is 350 g/mol. The average Bonchev–Trinajstić information content (AvgIpc) is 2.90. The topological polar surface area (TPSA) is 97.0 Å². The van der Waals surface area contributed by atoms with Crippen molar-refractivity contribution in [2.75, 3.05) is 6.54 Å². The van der Waals surface area contributed by atoms with Gasteiger partial charge in [-0.25, -0.2) is 4.79 Å². The maximum atomic E-state index is 12.9. The molecule has 0 aromatic heterocycles. The van der Waals surface area contributed by atoms with E-state index in [2.05, 4.69) is 23.5 Å². The molecule has 1 spiro atoms. The molecule has 0 bridgehead atoms. The molecule has 3 rings (SSSR count). The van der Waals surface area contributed by atoms with Crippen LogP contribution in [-0.2, 0) is 4.79 Å². The molecule has 134 valence electrons. The van der Waals surface area contributed by atoms with E-state index < -0.39 is 17.5 Å². The van der Waals surface area contributed by atoms with Gasteiger partial charge in [0.15, 0.2) is 0 Å². The number of carbonyl (C=O) groups is 2. The van der Waals surface area contributed by atoms with Crippen molar-refractivity contribution in [2.45, 2.75) is 50.0 Å². The molecule has 2 fully saturated rings. The molecule has 1 heterocycles. The fourth-order valence-corrected chi connectivity index (χ4v) is 4.01. The summed E-state index contributed by atoms with van der Waals surface area (Å²) in [5, 5.41) is 20.8. The standard InChI is InChI=1S/C20H22N4O2/c21-12-4-5-15(13-22)14-24-18(25)20(23-19(24)26)10-8-17(9-11-20)16-6-2-1-3-7-16/h1-3,6-7,15,17H,4-5,8-11,14H2,(H,23,26). The number of benzene rings is 1. The van der Waals surface area contributed by atoms with Gasteiger partial charge in [-0.05, 0) is 43.6 Å². The minimum absolute atomic E-state index is 0.0622. The quantitative estimate of drug-likeness (QED) is 0.825. The van der Waals surface area contributed by atoms with E-state index in [0.717, 1.165) is 12.8 Å². The second kappa shape index (κ2) is 7.58. The van der Waals surface area contributed by atoms with E-state index in [-0.39, 0.29) is 18.9 Å². The maximum absolute atomic E-state index is 12.9. The Hall–Kier alpha value is -2.86. The van der Waals surface area contributed by atoms with Crippen LogP contribution < -0.4 is 5.32 Å². The van der Waals surface area contributed by atoms with Gasteiger partial charge in [0.2, 0.25) is 0 Å². The number of urea groups is 1. The first-order valence-corrected chi connectivity index (χ1v) is 9.05. The molecule has 1 aliphatic carbocycles. The SMILES string of the molecule is N#CCCC(C#N)CN1C(=O)NC2(CCC(c3ccccc3)CC2)C1=O. The van der Waals surface area contributed by atoms with Crippen LogP contribution in [-0.4, -0.2) is 28.9 Å². The summed E-state index contributed by atoms with van der Waals surface area (Å²) in [6.07, 6.45) is 3.53. The van der Waals surface area contributed by atoms with Crippen molar-refractivity contribution in [2.24, 2.45) is 5.92 Å². The van der Waals surface area contributed by atoms with Crippen molar-refractivity contribution in [3.05, 3.63) is 35.9 Å². The lowest BCUT2D eigenvalue weighted by Gasteiger charge is -2.35. The maximum Gasteiger partial charge on any atom is 0.325 e. The van der Waals surface area contributed by atoms with Crippen molar-refractivity contribution in [1.29, 1.82) is 10.5 Å². The molecule has 6 heteroatoms. The highest BCUT2D eigenvalue weighted by Crippen LogP contribution is 2.41. The Bertz CT molecular complexity index is 754. The van der Waals surface area contributed by atoms with Crippen LogP contribution in [0.3, 0.4) is 0 Å². The molecule has 1 aromatic carbocycles. The Morgan fingerprint density at radius 3 is 2.50 bits per heavy atom. The lowest BCUT2D eigenvalue weighted by atomic mass is 9.74. The second-order valence-corrected chi connectivity index (χ2v) is 7.14. The Balaban J connectivity index is 1.66. The van der Waals surface area contributed by atoms with Crippen LogP contribution in [0.2, 0.25) is 0 Å². The number of rotatable bonds is 5. The highest BCUT2D eigenvalue weighted by Gasteiger charge is 2.52. The molecule has 1 saturated heterocycles. The fraction of sp³-hybridized carbons (Fsp3) is 0.500. The van der Waals surface area contributed by atoms with Crippen molar-refractivity contribution in [3.63, 3.8) is 0 Å². The van der Waals surface area contributed by atoms with Gasteiger partial charge in [-0.2, -0.15) is 10.5 Å². The van der Waals surface area contributed by atoms with Gasteiger partial charge in [0.25, 0.3) is 5.91 Å². The fourth-order valence-electron chi connectivity index (χ4n) is 4.01. The zero-order valence-electron chi connectivity index (χ0n) is 14.6. The zero-order valence-corrected chi connectivity index (χ0v) is 14.6. The van der Waals surface area contributed by atoms with Crippen LogP contribution in [0.15, 0.2) is 30.3 Å². The van der Waals surface area contributed by atoms with Gasteiger partial charge in [-0.15, -0.1) is 0 Å². The van der Waals surface area contributed by atoms with Crippen LogP contribution in [0.5, 0.6) is 0 Å². The van der Waals surface area contributed by atoms with E-state index in [1.807, 2.05) is 24.3 Å². The highest BCUT2D eigenvalue weighted by atomic mass is 16.2. The molecule has 3 amide bonds. The zero-order chi connectivity index (χ0) is 18.6. The molecule has 1 aliphatic heterocycles. The molecule has 2 aliphatic rings. The van der Waals surface area contributed by atoms with Crippen molar-refractivity contribution in [3.8, 4) is 12.1 Å². The Kier molecular flexibility index (Phi) is 5.23. The van der Waals surface area contributed by atoms with Gasteiger partial charge < -0.3 is 5.32 Å². The number of amides is 3. The van der Waals surface area contributed by atoms with Gasteiger partial charge in [-0.1, -0.05) is 30.3 Å². The Morgan fingerprint density at radius 1 is 1.19 bits per heavy atom. The van der Waals surface area contributed by atoms with E-state index in [9.17, 15) is 14.9 Å². The molecule has 1 unspecified atom stereocenters. The van der Waals surface area contributed by atoms with Crippen molar-refractivity contribution in [1.82, 2.24) is 10.2 Å². The summed E-state index contributed by atoms with van der Waals surface area (Å²) in [6.45, 7) is 0.0622. The number of hydrogen-bond donors (Lipinski definition) is 1. The lowest BCUT2D eigenvalue weighted by Crippen LogP contribution is -2.49. The third-order valence-corrected chi connectivity index (χ3v) is 5.55.